The van der Waals surface area contributed by atoms with Crippen molar-refractivity contribution < 1.29 is 43.1 Å². The Morgan fingerprint density at radius 3 is 2.54 bits per heavy atom. The molecule has 50 heavy (non-hydrogen) atoms. The number of rotatable bonds is 10. The van der Waals surface area contributed by atoms with Gasteiger partial charge in [0, 0.05) is 59.7 Å². The molecule has 258 valence electrons. The number of aromatic nitrogens is 2. The third-order valence-electron chi connectivity index (χ3n) is 8.17. The van der Waals surface area contributed by atoms with Crippen LogP contribution in [0.3, 0.4) is 0 Å². The molecule has 15 nitrogen and oxygen atoms in total. The molecule has 1 unspecified atom stereocenters. The molecule has 19 heteroatoms. The normalized spacial score (nSPS) is 20.4. The van der Waals surface area contributed by atoms with Crippen LogP contribution in [-0.4, -0.2) is 84.2 Å². The number of β-lactam (4-membered cyclic amide) rings is 1. The molecule has 0 saturated carbocycles. The maximum atomic E-state index is 13.9. The highest BCUT2D eigenvalue weighted by atomic mass is 32.2. The number of anilines is 2. The summed E-state index contributed by atoms with van der Waals surface area (Å²) in [6.45, 7) is 0.239. The number of carbonyl (C=O) groups excluding carboxylic acids is 4. The number of carboxylic acids is 1. The average Bonchev–Trinajstić information content (AvgIpc) is 3.72. The number of nitrogens with zero attached hydrogens (tertiary/aromatic N) is 4. The summed E-state index contributed by atoms with van der Waals surface area (Å²) in [5.74, 6) is -7.64. The number of carboxylic acid groups (broad SMARTS) is 1. The highest BCUT2D eigenvalue weighted by Gasteiger charge is 2.55. The molecule has 2 fully saturated rings. The second kappa shape index (κ2) is 14.0. The number of carbonyl (C=O) groups is 5. The number of thioether (sulfide) groups is 1. The highest BCUT2D eigenvalue weighted by molar-refractivity contribution is 8.00. The molecule has 2 aromatic heterocycles. The van der Waals surface area contributed by atoms with Crippen molar-refractivity contribution in [3.8, 4) is 0 Å². The lowest BCUT2D eigenvalue weighted by Crippen LogP contribution is -2.71. The first-order valence-electron chi connectivity index (χ1n) is 14.8. The lowest BCUT2D eigenvalue weighted by atomic mass is 9.80. The number of oxime groups is 1. The van der Waals surface area contributed by atoms with Crippen LogP contribution >= 0.6 is 23.1 Å². The van der Waals surface area contributed by atoms with Gasteiger partial charge < -0.3 is 32.0 Å². The van der Waals surface area contributed by atoms with Gasteiger partial charge in [-0.25, -0.2) is 18.6 Å². The van der Waals surface area contributed by atoms with Gasteiger partial charge in [0.2, 0.25) is 11.8 Å². The Labute approximate surface area is 289 Å². The van der Waals surface area contributed by atoms with E-state index in [0.717, 1.165) is 40.1 Å². The van der Waals surface area contributed by atoms with E-state index in [4.69, 9.17) is 5.73 Å². The van der Waals surface area contributed by atoms with Gasteiger partial charge >= 0.3 is 5.97 Å². The summed E-state index contributed by atoms with van der Waals surface area (Å²) in [7, 11) is 0. The van der Waals surface area contributed by atoms with Crippen molar-refractivity contribution in [3.05, 3.63) is 93.4 Å². The Morgan fingerprint density at radius 2 is 1.92 bits per heavy atom. The monoisotopic (exact) mass is 724 g/mol. The highest BCUT2D eigenvalue weighted by Crippen LogP contribution is 2.47. The number of benzene rings is 1. The van der Waals surface area contributed by atoms with Crippen LogP contribution in [0.5, 0.6) is 0 Å². The van der Waals surface area contributed by atoms with Crippen molar-refractivity contribution in [3.63, 3.8) is 0 Å². The molecule has 3 aliphatic heterocycles. The minimum atomic E-state index is -1.49. The van der Waals surface area contributed by atoms with Crippen LogP contribution < -0.4 is 21.7 Å². The Hall–Kier alpha value is -5.69. The summed E-state index contributed by atoms with van der Waals surface area (Å²) in [4.78, 5) is 75.1. The van der Waals surface area contributed by atoms with Crippen molar-refractivity contribution in [2.45, 2.75) is 30.2 Å². The lowest BCUT2D eigenvalue weighted by molar-refractivity contribution is -0.150. The molecule has 3 aromatic rings. The molecule has 1 aromatic carbocycles. The second-order valence-corrected chi connectivity index (χ2v) is 13.1. The maximum absolute atomic E-state index is 13.9. The summed E-state index contributed by atoms with van der Waals surface area (Å²) in [5.41, 5.74) is 5.66. The molecule has 3 atom stereocenters. The number of hydrogen-bond donors (Lipinski definition) is 6. The summed E-state index contributed by atoms with van der Waals surface area (Å²) in [6, 6.07) is 4.83. The molecule has 0 spiro atoms. The first-order valence-corrected chi connectivity index (χ1v) is 16.7. The zero-order valence-electron chi connectivity index (χ0n) is 25.6. The molecule has 7 N–H and O–H groups in total. The average molecular weight is 725 g/mol. The molecule has 5 heterocycles. The van der Waals surface area contributed by atoms with Crippen LogP contribution in [-0.2, 0) is 24.0 Å². The number of allylic oxidation sites excluding steroid dienone is 1. The SMILES string of the molecule is Nc1nc(C(=NO)C(=O)N[C@@H]2C(=O)N3C(C(=O)O)=C(C(=C4CCNC4=O)C(CC(=O)Nc4ccc(F)c(F)c4)c4ccncc4)CS[C@H]23)cs1. The van der Waals surface area contributed by atoms with Crippen LogP contribution in [0.25, 0.3) is 0 Å². The van der Waals surface area contributed by atoms with E-state index >= 15 is 0 Å². The van der Waals surface area contributed by atoms with Gasteiger partial charge in [-0.1, -0.05) is 5.16 Å². The van der Waals surface area contributed by atoms with Gasteiger partial charge in [-0.15, -0.1) is 23.1 Å². The number of fused-ring (bicyclic) bond motifs is 1. The topological polar surface area (TPSA) is 229 Å². The van der Waals surface area contributed by atoms with E-state index < -0.39 is 70.0 Å². The summed E-state index contributed by atoms with van der Waals surface area (Å²) >= 11 is 2.12. The first kappa shape index (κ1) is 34.2. The minimum Gasteiger partial charge on any atom is -0.477 e. The Balaban J connectivity index is 1.37. The van der Waals surface area contributed by atoms with E-state index in [1.807, 2.05) is 0 Å². The standard InChI is InChI=1S/C31H26F2N8O7S2/c32-18-2-1-14(9-19(18)33)37-21(42)10-16(13-3-6-35-7-4-13)22(15-5-8-36-26(15)43)17-11-49-29-24(28(45)41(29)25(17)30(46)47)39-27(44)23(40-48)20-12-50-31(34)38-20/h1-4,6-7,9,12,16,24,29,48H,5,8,10-11H2,(H2,34,38)(H,36,43)(H,37,42)(H,39,44)(H,46,47)/t16?,24-,29-/m1/s1. The van der Waals surface area contributed by atoms with Crippen LogP contribution in [0.4, 0.5) is 19.6 Å². The van der Waals surface area contributed by atoms with Crippen LogP contribution in [0.1, 0.15) is 30.0 Å². The van der Waals surface area contributed by atoms with E-state index in [-0.39, 0.29) is 58.4 Å². The van der Waals surface area contributed by atoms with Gasteiger partial charge in [0.25, 0.3) is 11.8 Å². The van der Waals surface area contributed by atoms with Crippen molar-refractivity contribution >= 4 is 69.2 Å². The Kier molecular flexibility index (Phi) is 9.60. The number of amides is 4. The number of nitrogens with one attached hydrogen (secondary N) is 3. The van der Waals surface area contributed by atoms with Crippen molar-refractivity contribution in [1.82, 2.24) is 25.5 Å². The number of aliphatic carboxylic acids is 1. The predicted molar refractivity (Wildman–Crippen MR) is 176 cm³/mol. The predicted octanol–water partition coefficient (Wildman–Crippen LogP) is 1.94. The van der Waals surface area contributed by atoms with Gasteiger partial charge in [0.15, 0.2) is 22.5 Å². The quantitative estimate of drug-likeness (QED) is 0.0582. The van der Waals surface area contributed by atoms with E-state index in [0.29, 0.717) is 5.56 Å². The molecular weight excluding hydrogens is 699 g/mol. The zero-order valence-corrected chi connectivity index (χ0v) is 27.2. The summed E-state index contributed by atoms with van der Waals surface area (Å²) < 4.78 is 27.4. The number of nitrogen functional groups attached to an aromatic ring is 1. The van der Waals surface area contributed by atoms with Gasteiger partial charge in [-0.05, 0) is 47.4 Å². The number of thiazole rings is 1. The number of pyridine rings is 1. The number of halogens is 2. The van der Waals surface area contributed by atoms with Gasteiger partial charge in [0.05, 0.1) is 0 Å². The summed E-state index contributed by atoms with van der Waals surface area (Å²) in [6.07, 6.45) is 2.74. The number of nitrogens with two attached hydrogens (primary N) is 1. The van der Waals surface area contributed by atoms with Crippen LogP contribution in [0.15, 0.2) is 75.7 Å². The fourth-order valence-corrected chi connectivity index (χ4v) is 7.89. The van der Waals surface area contributed by atoms with E-state index in [1.165, 1.54) is 23.8 Å². The number of hydrogen-bond acceptors (Lipinski definition) is 12. The van der Waals surface area contributed by atoms with Gasteiger partial charge in [-0.2, -0.15) is 0 Å². The van der Waals surface area contributed by atoms with E-state index in [2.05, 4.69) is 31.1 Å². The van der Waals surface area contributed by atoms with E-state index in [1.54, 1.807) is 12.1 Å². The molecular formula is C31H26F2N8O7S2. The van der Waals surface area contributed by atoms with Crippen LogP contribution in [0.2, 0.25) is 0 Å². The lowest BCUT2D eigenvalue weighted by Gasteiger charge is -2.50. The molecule has 0 aliphatic carbocycles. The Bertz CT molecular complexity index is 2020. The Morgan fingerprint density at radius 1 is 1.16 bits per heavy atom. The fraction of sp³-hybridized carbons (Fsp3) is 0.226. The molecule has 0 bridgehead atoms. The van der Waals surface area contributed by atoms with Crippen molar-refractivity contribution in [1.29, 1.82) is 0 Å². The molecule has 3 aliphatic rings. The van der Waals surface area contributed by atoms with Crippen molar-refractivity contribution in [2.24, 2.45) is 5.16 Å². The summed E-state index contributed by atoms with van der Waals surface area (Å²) in [5, 5.41) is 31.3. The van der Waals surface area contributed by atoms with Gasteiger partial charge in [0.1, 0.15) is 22.8 Å². The van der Waals surface area contributed by atoms with Crippen LogP contribution in [0, 0.1) is 11.6 Å². The fourth-order valence-electron chi connectivity index (χ4n) is 5.98. The second-order valence-electron chi connectivity index (χ2n) is 11.1. The van der Waals surface area contributed by atoms with Crippen molar-refractivity contribution in [2.75, 3.05) is 23.3 Å². The minimum absolute atomic E-state index is 0.0244. The first-order chi connectivity index (χ1) is 24.0. The van der Waals surface area contributed by atoms with Gasteiger partial charge in [-0.3, -0.25) is 29.1 Å². The third-order valence-corrected chi connectivity index (χ3v) is 10.1. The molecule has 6 rings (SSSR count). The molecule has 4 amide bonds. The zero-order chi connectivity index (χ0) is 35.7. The molecule has 0 radical (unpaired) electrons. The largest absolute Gasteiger partial charge is 0.477 e. The maximum Gasteiger partial charge on any atom is 0.352 e. The third kappa shape index (κ3) is 6.51. The van der Waals surface area contributed by atoms with E-state index in [9.17, 15) is 43.1 Å². The smallest absolute Gasteiger partial charge is 0.352 e. The molecule has 2 saturated heterocycles.